The molecule has 0 radical (unpaired) electrons. The van der Waals surface area contributed by atoms with Crippen LogP contribution in [0.5, 0.6) is 0 Å². The molecule has 0 N–H and O–H groups in total. The fourth-order valence-corrected chi connectivity index (χ4v) is 0. The van der Waals surface area contributed by atoms with Crippen molar-refractivity contribution < 1.29 is 0 Å². The first-order valence-corrected chi connectivity index (χ1v) is 3.50. The summed E-state index contributed by atoms with van der Waals surface area (Å²) in [6, 6.07) is 0. The van der Waals surface area contributed by atoms with Gasteiger partial charge in [0.05, 0.1) is 0 Å². The zero-order valence-electron chi connectivity index (χ0n) is 3.43. The molecule has 0 atom stereocenters. The maximum atomic E-state index is 3.93. The number of rotatable bonds is 0. The van der Waals surface area contributed by atoms with Gasteiger partial charge in [0.15, 0.2) is 0 Å². The molecule has 0 spiro atoms. The molecule has 0 rings (SSSR count). The molecule has 0 saturated carbocycles. The van der Waals surface area contributed by atoms with Crippen molar-refractivity contribution in [2.75, 3.05) is 0 Å². The fraction of sp³-hybridized carbons (Fsp3) is 1.00. The van der Waals surface area contributed by atoms with Crippen molar-refractivity contribution in [3.05, 3.63) is 0 Å². The molecule has 0 bridgehead atoms. The van der Waals surface area contributed by atoms with Gasteiger partial charge >= 0.3 is 37.7 Å². The summed E-state index contributed by atoms with van der Waals surface area (Å²) >= 11 is 0. The van der Waals surface area contributed by atoms with Crippen LogP contribution >= 0.6 is 18.6 Å². The monoisotopic (exact) mass is 106 g/mol. The zero-order chi connectivity index (χ0) is 4.28. The fourth-order valence-electron chi connectivity index (χ4n) is 0. The van der Waals surface area contributed by atoms with Crippen molar-refractivity contribution in [2.45, 2.75) is 19.1 Å². The number of hydrogen-bond acceptors (Lipinski definition) is 0. The van der Waals surface area contributed by atoms with Gasteiger partial charge in [-0.3, -0.25) is 0 Å². The van der Waals surface area contributed by atoms with Gasteiger partial charge in [-0.25, -0.2) is 0 Å². The van der Waals surface area contributed by atoms with Crippen LogP contribution in [0.15, 0.2) is 0 Å². The molecular formula is C3H7PS. The van der Waals surface area contributed by atoms with Crippen LogP contribution in [-0.2, 0) is 0 Å². The molecule has 0 aromatic carbocycles. The van der Waals surface area contributed by atoms with Gasteiger partial charge in [-0.1, -0.05) is 0 Å². The first kappa shape index (κ1) is 5.65. The summed E-state index contributed by atoms with van der Waals surface area (Å²) < 4.78 is 0. The van der Waals surface area contributed by atoms with Crippen LogP contribution in [0.2, 0.25) is 0 Å². The molecule has 0 nitrogen and oxygen atoms in total. The normalized spacial score (nSPS) is 8.40. The van der Waals surface area contributed by atoms with Gasteiger partial charge in [0, 0.05) is 0 Å². The Morgan fingerprint density at radius 1 is 1.60 bits per heavy atom. The predicted molar refractivity (Wildman–Crippen MR) is 29.6 cm³/mol. The van der Waals surface area contributed by atoms with Gasteiger partial charge in [-0.2, -0.15) is 0 Å². The van der Waals surface area contributed by atoms with E-state index in [0.29, 0.717) is 5.25 Å². The van der Waals surface area contributed by atoms with E-state index in [1.165, 1.54) is 0 Å². The van der Waals surface area contributed by atoms with E-state index in [1.54, 1.807) is 10.7 Å². The van der Waals surface area contributed by atoms with Crippen molar-refractivity contribution in [1.29, 1.82) is 0 Å². The van der Waals surface area contributed by atoms with Crippen LogP contribution in [0.4, 0.5) is 0 Å². The Morgan fingerprint density at radius 3 is 1.80 bits per heavy atom. The Kier molecular flexibility index (Phi) is 3.24. The van der Waals surface area contributed by atoms with Gasteiger partial charge in [-0.05, 0) is 0 Å². The molecule has 0 amide bonds. The van der Waals surface area contributed by atoms with Crippen molar-refractivity contribution in [1.82, 2.24) is 0 Å². The summed E-state index contributed by atoms with van der Waals surface area (Å²) in [5.41, 5.74) is 0. The summed E-state index contributed by atoms with van der Waals surface area (Å²) in [4.78, 5) is 0. The molecule has 0 saturated heterocycles. The summed E-state index contributed by atoms with van der Waals surface area (Å²) in [5.74, 6) is 0. The van der Waals surface area contributed by atoms with E-state index in [-0.39, 0.29) is 0 Å². The summed E-state index contributed by atoms with van der Waals surface area (Å²) in [7, 11) is 5.51. The Hall–Kier alpha value is 0.650. The quantitative estimate of drug-likeness (QED) is 0.416. The molecule has 0 unspecified atom stereocenters. The molecule has 0 aliphatic rings. The van der Waals surface area contributed by atoms with E-state index in [2.05, 4.69) is 21.7 Å². The average molecular weight is 106 g/mol. The Bertz CT molecular complexity index is 52.4. The first-order valence-electron chi connectivity index (χ1n) is 1.57. The second kappa shape index (κ2) is 2.87. The molecule has 0 aromatic heterocycles. The second-order valence-corrected chi connectivity index (χ2v) is 2.94. The van der Waals surface area contributed by atoms with Crippen molar-refractivity contribution >= 4 is 18.6 Å². The van der Waals surface area contributed by atoms with Gasteiger partial charge in [0.1, 0.15) is 0 Å². The summed E-state index contributed by atoms with van der Waals surface area (Å²) in [5, 5.41) is 0.665. The van der Waals surface area contributed by atoms with Crippen LogP contribution in [-0.4, -0.2) is 5.25 Å². The second-order valence-electron chi connectivity index (χ2n) is 1.15. The van der Waals surface area contributed by atoms with E-state index >= 15 is 0 Å². The van der Waals surface area contributed by atoms with Crippen molar-refractivity contribution in [3.8, 4) is 0 Å². The first-order chi connectivity index (χ1) is 2.27. The van der Waals surface area contributed by atoms with Crippen molar-refractivity contribution in [3.63, 3.8) is 0 Å². The van der Waals surface area contributed by atoms with E-state index in [0.717, 1.165) is 0 Å². The molecular weight excluding hydrogens is 99.1 g/mol. The molecule has 0 aliphatic carbocycles. The molecule has 5 heavy (non-hydrogen) atoms. The SMILES string of the molecule is CC(C)S#P. The predicted octanol–water partition coefficient (Wildman–Crippen LogP) is 2.45. The molecule has 0 aromatic rings. The van der Waals surface area contributed by atoms with Gasteiger partial charge in [-0.15, -0.1) is 0 Å². The van der Waals surface area contributed by atoms with E-state index in [1.807, 2.05) is 0 Å². The third kappa shape index (κ3) is 4.65. The van der Waals surface area contributed by atoms with Crippen LogP contribution in [0.25, 0.3) is 0 Å². The number of hydrogen-bond donors (Lipinski definition) is 0. The van der Waals surface area contributed by atoms with E-state index in [4.69, 9.17) is 0 Å². The molecule has 30 valence electrons. The van der Waals surface area contributed by atoms with E-state index < -0.39 is 0 Å². The van der Waals surface area contributed by atoms with Gasteiger partial charge in [0.25, 0.3) is 0 Å². The Morgan fingerprint density at radius 2 is 1.80 bits per heavy atom. The molecule has 2 heteroatoms. The van der Waals surface area contributed by atoms with Gasteiger partial charge in [0.2, 0.25) is 0 Å². The third-order valence-corrected chi connectivity index (χ3v) is 1.90. The third-order valence-electron chi connectivity index (χ3n) is 0.211. The maximum absolute atomic E-state index is 3.93. The molecule has 0 fully saturated rings. The Balaban J connectivity index is 2.94. The molecule has 0 aliphatic heterocycles. The Labute approximate surface area is 38.4 Å². The van der Waals surface area contributed by atoms with Crippen molar-refractivity contribution in [2.24, 2.45) is 0 Å². The minimum atomic E-state index is 0.665. The summed E-state index contributed by atoms with van der Waals surface area (Å²) in [6.45, 7) is 4.22. The topological polar surface area (TPSA) is 0 Å². The summed E-state index contributed by atoms with van der Waals surface area (Å²) in [6.07, 6.45) is 0. The molecule has 0 heterocycles. The van der Waals surface area contributed by atoms with Gasteiger partial charge < -0.3 is 0 Å². The average Bonchev–Trinajstić information content (AvgIpc) is 1.38. The van der Waals surface area contributed by atoms with Crippen LogP contribution in [0, 0.1) is 0 Å². The zero-order valence-corrected chi connectivity index (χ0v) is 5.14. The van der Waals surface area contributed by atoms with Crippen LogP contribution < -0.4 is 0 Å². The van der Waals surface area contributed by atoms with Crippen LogP contribution in [0.3, 0.4) is 0 Å². The standard InChI is InChI=1S/C3H7PS/c1-3(2)5-4/h3H,1-2H3. The minimum absolute atomic E-state index is 0.665. The van der Waals surface area contributed by atoms with Crippen LogP contribution in [0.1, 0.15) is 13.8 Å². The van der Waals surface area contributed by atoms with E-state index in [9.17, 15) is 0 Å².